The number of hydrogen-bond donors (Lipinski definition) is 1. The summed E-state index contributed by atoms with van der Waals surface area (Å²) in [6.45, 7) is 15.3. The third-order valence-electron chi connectivity index (χ3n) is 2.36. The van der Waals surface area contributed by atoms with Crippen molar-refractivity contribution in [1.82, 2.24) is 4.98 Å². The molecule has 0 bridgehead atoms. The van der Waals surface area contributed by atoms with Gasteiger partial charge >= 0.3 is 0 Å². The Hall–Kier alpha value is -2.42. The lowest BCUT2D eigenvalue weighted by molar-refractivity contribution is 1.25. The number of anilines is 1. The molecular formula is C16H19N3. The smallest absolute Gasteiger partial charge is 0.0709 e. The Bertz CT molecular complexity index is 551. The van der Waals surface area contributed by atoms with Gasteiger partial charge < -0.3 is 5.32 Å². The maximum atomic E-state index is 4.11. The number of aliphatic imine (C=N–C) groups is 1. The summed E-state index contributed by atoms with van der Waals surface area (Å²) in [6.07, 6.45) is 9.13. The van der Waals surface area contributed by atoms with Crippen molar-refractivity contribution in [3.8, 4) is 0 Å². The zero-order valence-electron chi connectivity index (χ0n) is 11.5. The van der Waals surface area contributed by atoms with Gasteiger partial charge in [-0.25, -0.2) is 0 Å². The first-order chi connectivity index (χ1) is 9.06. The average Bonchev–Trinajstić information content (AvgIpc) is 2.36. The SMILES string of the molecule is C=N/C(=C\C(=C)Nc1cncc(C)c1)C(=C)/C=C\C. The van der Waals surface area contributed by atoms with Gasteiger partial charge in [-0.1, -0.05) is 25.3 Å². The molecule has 3 heteroatoms. The maximum Gasteiger partial charge on any atom is 0.0709 e. The molecule has 0 unspecified atom stereocenters. The fourth-order valence-corrected chi connectivity index (χ4v) is 1.54. The van der Waals surface area contributed by atoms with Crippen molar-refractivity contribution in [2.24, 2.45) is 4.99 Å². The lowest BCUT2D eigenvalue weighted by atomic mass is 10.2. The molecule has 1 aromatic heterocycles. The summed E-state index contributed by atoms with van der Waals surface area (Å²) in [5.74, 6) is 0. The zero-order valence-corrected chi connectivity index (χ0v) is 11.5. The number of aryl methyl sites for hydroxylation is 1. The summed E-state index contributed by atoms with van der Waals surface area (Å²) in [7, 11) is 0. The van der Waals surface area contributed by atoms with E-state index in [0.29, 0.717) is 11.4 Å². The van der Waals surface area contributed by atoms with Crippen LogP contribution in [0.4, 0.5) is 5.69 Å². The van der Waals surface area contributed by atoms with E-state index in [1.165, 1.54) is 0 Å². The Morgan fingerprint density at radius 1 is 1.37 bits per heavy atom. The van der Waals surface area contributed by atoms with E-state index >= 15 is 0 Å². The van der Waals surface area contributed by atoms with Gasteiger partial charge in [-0.2, -0.15) is 0 Å². The second-order valence-electron chi connectivity index (χ2n) is 4.11. The summed E-state index contributed by atoms with van der Waals surface area (Å²) in [4.78, 5) is 8.06. The summed E-state index contributed by atoms with van der Waals surface area (Å²) in [5.41, 5.74) is 4.17. The van der Waals surface area contributed by atoms with Crippen LogP contribution < -0.4 is 5.32 Å². The first-order valence-electron chi connectivity index (χ1n) is 5.94. The average molecular weight is 253 g/mol. The highest BCUT2D eigenvalue weighted by Crippen LogP contribution is 2.15. The van der Waals surface area contributed by atoms with Gasteiger partial charge in [0.2, 0.25) is 0 Å². The quantitative estimate of drug-likeness (QED) is 0.614. The Morgan fingerprint density at radius 2 is 2.11 bits per heavy atom. The van der Waals surface area contributed by atoms with Crippen molar-refractivity contribution in [2.75, 3.05) is 5.32 Å². The van der Waals surface area contributed by atoms with E-state index in [1.54, 1.807) is 18.5 Å². The van der Waals surface area contributed by atoms with Crippen LogP contribution in [0.5, 0.6) is 0 Å². The largest absolute Gasteiger partial charge is 0.355 e. The van der Waals surface area contributed by atoms with Crippen LogP contribution in [-0.2, 0) is 0 Å². The first kappa shape index (κ1) is 14.6. The molecule has 0 spiro atoms. The van der Waals surface area contributed by atoms with Gasteiger partial charge in [0.1, 0.15) is 0 Å². The molecule has 1 N–H and O–H groups in total. The molecule has 1 rings (SSSR count). The number of pyridine rings is 1. The monoisotopic (exact) mass is 253 g/mol. The molecule has 0 aliphatic rings. The Balaban J connectivity index is 2.83. The Labute approximate surface area is 114 Å². The summed E-state index contributed by atoms with van der Waals surface area (Å²) >= 11 is 0. The Morgan fingerprint density at radius 3 is 2.68 bits per heavy atom. The van der Waals surface area contributed by atoms with E-state index in [4.69, 9.17) is 0 Å². The van der Waals surface area contributed by atoms with Crippen LogP contribution in [0, 0.1) is 6.92 Å². The minimum absolute atomic E-state index is 0.691. The predicted molar refractivity (Wildman–Crippen MR) is 83.3 cm³/mol. The van der Waals surface area contributed by atoms with Gasteiger partial charge in [-0.15, -0.1) is 0 Å². The fraction of sp³-hybridized carbons (Fsp3) is 0.125. The van der Waals surface area contributed by atoms with E-state index in [-0.39, 0.29) is 0 Å². The standard InChI is InChI=1S/C16H19N3/c1-6-7-13(3)16(17-5)9-14(4)19-15-8-12(2)10-18-11-15/h6-11,19H,3-5H2,1-2H3/b7-6-,16-9-. The molecule has 0 aliphatic heterocycles. The molecule has 0 atom stereocenters. The van der Waals surface area contributed by atoms with Crippen molar-refractivity contribution in [1.29, 1.82) is 0 Å². The molecule has 19 heavy (non-hydrogen) atoms. The molecule has 0 saturated carbocycles. The predicted octanol–water partition coefficient (Wildman–Crippen LogP) is 4.03. The molecule has 0 saturated heterocycles. The highest BCUT2D eigenvalue weighted by molar-refractivity contribution is 5.53. The van der Waals surface area contributed by atoms with E-state index < -0.39 is 0 Å². The third kappa shape index (κ3) is 4.76. The van der Waals surface area contributed by atoms with Crippen LogP contribution in [0.1, 0.15) is 12.5 Å². The summed E-state index contributed by atoms with van der Waals surface area (Å²) < 4.78 is 0. The van der Waals surface area contributed by atoms with E-state index in [1.807, 2.05) is 32.1 Å². The number of nitrogens with one attached hydrogen (secondary N) is 1. The van der Waals surface area contributed by atoms with Crippen molar-refractivity contribution < 1.29 is 0 Å². The summed E-state index contributed by atoms with van der Waals surface area (Å²) in [5, 5.41) is 3.16. The topological polar surface area (TPSA) is 37.3 Å². The fourth-order valence-electron chi connectivity index (χ4n) is 1.54. The van der Waals surface area contributed by atoms with Crippen molar-refractivity contribution in [2.45, 2.75) is 13.8 Å². The number of nitrogens with zero attached hydrogens (tertiary/aromatic N) is 2. The molecule has 0 amide bonds. The maximum absolute atomic E-state index is 4.11. The molecule has 1 heterocycles. The van der Waals surface area contributed by atoms with E-state index in [2.05, 4.69) is 35.2 Å². The lowest BCUT2D eigenvalue weighted by Crippen LogP contribution is -1.97. The van der Waals surface area contributed by atoms with Crippen LogP contribution in [0.2, 0.25) is 0 Å². The second kappa shape index (κ2) is 7.11. The molecule has 1 aromatic rings. The van der Waals surface area contributed by atoms with E-state index in [0.717, 1.165) is 16.8 Å². The van der Waals surface area contributed by atoms with Gasteiger partial charge in [-0.05, 0) is 43.8 Å². The first-order valence-corrected chi connectivity index (χ1v) is 5.94. The van der Waals surface area contributed by atoms with Gasteiger partial charge in [0.05, 0.1) is 17.6 Å². The third-order valence-corrected chi connectivity index (χ3v) is 2.36. The van der Waals surface area contributed by atoms with E-state index in [9.17, 15) is 0 Å². The molecule has 0 radical (unpaired) electrons. The van der Waals surface area contributed by atoms with Crippen LogP contribution >= 0.6 is 0 Å². The molecule has 0 aliphatic carbocycles. The van der Waals surface area contributed by atoms with Crippen LogP contribution in [-0.4, -0.2) is 11.7 Å². The van der Waals surface area contributed by atoms with Crippen LogP contribution in [0.25, 0.3) is 0 Å². The second-order valence-corrected chi connectivity index (χ2v) is 4.11. The lowest BCUT2D eigenvalue weighted by Gasteiger charge is -2.08. The van der Waals surface area contributed by atoms with Crippen LogP contribution in [0.15, 0.2) is 71.8 Å². The van der Waals surface area contributed by atoms with Gasteiger partial charge in [0.25, 0.3) is 0 Å². The molecule has 98 valence electrons. The number of rotatable bonds is 6. The van der Waals surface area contributed by atoms with Gasteiger partial charge in [-0.3, -0.25) is 9.98 Å². The zero-order chi connectivity index (χ0) is 14.3. The highest BCUT2D eigenvalue weighted by Gasteiger charge is 1.99. The van der Waals surface area contributed by atoms with Crippen molar-refractivity contribution >= 4 is 12.4 Å². The van der Waals surface area contributed by atoms with Crippen molar-refractivity contribution in [3.05, 3.63) is 72.4 Å². The molecule has 0 fully saturated rings. The number of hydrogen-bond acceptors (Lipinski definition) is 3. The minimum Gasteiger partial charge on any atom is -0.355 e. The molecule has 0 aromatic carbocycles. The molecule has 3 nitrogen and oxygen atoms in total. The molecular weight excluding hydrogens is 234 g/mol. The minimum atomic E-state index is 0.691. The van der Waals surface area contributed by atoms with Crippen LogP contribution in [0.3, 0.4) is 0 Å². The van der Waals surface area contributed by atoms with Crippen molar-refractivity contribution in [3.63, 3.8) is 0 Å². The van der Waals surface area contributed by atoms with Gasteiger partial charge in [0, 0.05) is 11.9 Å². The normalized spacial score (nSPS) is 11.4. The highest BCUT2D eigenvalue weighted by atomic mass is 14.9. The number of aromatic nitrogens is 1. The number of allylic oxidation sites excluding steroid dienone is 3. The summed E-state index contributed by atoms with van der Waals surface area (Å²) in [6, 6.07) is 1.99. The van der Waals surface area contributed by atoms with Gasteiger partial charge in [0.15, 0.2) is 0 Å². The Kier molecular flexibility index (Phi) is 5.48.